The maximum atomic E-state index is 11.6. The maximum Gasteiger partial charge on any atom is 0.408 e. The van der Waals surface area contributed by atoms with E-state index in [0.29, 0.717) is 6.54 Å². The molecule has 0 spiro atoms. The van der Waals surface area contributed by atoms with E-state index in [2.05, 4.69) is 26.2 Å². The molecule has 5 nitrogen and oxygen atoms in total. The number of aryl methyl sites for hydroxylation is 1. The van der Waals surface area contributed by atoms with Crippen LogP contribution in [0.25, 0.3) is 11.0 Å². The average molecular weight is 340 g/mol. The van der Waals surface area contributed by atoms with Gasteiger partial charge in [-0.25, -0.2) is 9.78 Å². The minimum Gasteiger partial charge on any atom is -0.444 e. The standard InChI is InChI=1S/C14H18BrN3O2/c1-14(2,3)20-13(19)16-8-11-17-10-7-5-6-9(15)12(10)18(11)4/h5-7H,8H2,1-4H3,(H,16,19). The molecule has 1 heterocycles. The van der Waals surface area contributed by atoms with Crippen molar-refractivity contribution in [1.82, 2.24) is 14.9 Å². The van der Waals surface area contributed by atoms with Crippen molar-refractivity contribution >= 4 is 33.1 Å². The Kier molecular flexibility index (Phi) is 4.04. The summed E-state index contributed by atoms with van der Waals surface area (Å²) in [6.07, 6.45) is -0.441. The molecule has 0 aliphatic heterocycles. The molecule has 0 aliphatic rings. The van der Waals surface area contributed by atoms with Crippen LogP contribution in [-0.4, -0.2) is 21.2 Å². The van der Waals surface area contributed by atoms with Crippen LogP contribution in [0.4, 0.5) is 4.79 Å². The van der Waals surface area contributed by atoms with Gasteiger partial charge in [0.15, 0.2) is 0 Å². The molecule has 0 unspecified atom stereocenters. The van der Waals surface area contributed by atoms with Crippen LogP contribution in [0, 0.1) is 0 Å². The molecule has 1 aromatic heterocycles. The second kappa shape index (κ2) is 5.44. The van der Waals surface area contributed by atoms with Crippen molar-refractivity contribution in [3.8, 4) is 0 Å². The molecule has 0 radical (unpaired) electrons. The molecule has 0 bridgehead atoms. The molecule has 6 heteroatoms. The number of rotatable bonds is 2. The van der Waals surface area contributed by atoms with Crippen molar-refractivity contribution in [3.63, 3.8) is 0 Å². The van der Waals surface area contributed by atoms with E-state index in [4.69, 9.17) is 4.74 Å². The number of carbonyl (C=O) groups excluding carboxylic acids is 1. The minimum atomic E-state index is -0.501. The summed E-state index contributed by atoms with van der Waals surface area (Å²) in [5, 5.41) is 2.72. The van der Waals surface area contributed by atoms with E-state index in [1.807, 2.05) is 50.6 Å². The van der Waals surface area contributed by atoms with Crippen LogP contribution in [0.5, 0.6) is 0 Å². The molecule has 2 rings (SSSR count). The van der Waals surface area contributed by atoms with Crippen molar-refractivity contribution in [2.24, 2.45) is 7.05 Å². The van der Waals surface area contributed by atoms with Gasteiger partial charge in [0.05, 0.1) is 17.6 Å². The second-order valence-electron chi connectivity index (χ2n) is 5.55. The Labute approximate surface area is 126 Å². The number of ether oxygens (including phenoxy) is 1. The van der Waals surface area contributed by atoms with Crippen molar-refractivity contribution in [3.05, 3.63) is 28.5 Å². The highest BCUT2D eigenvalue weighted by Crippen LogP contribution is 2.23. The quantitative estimate of drug-likeness (QED) is 0.912. The number of amides is 1. The van der Waals surface area contributed by atoms with Gasteiger partial charge in [0.25, 0.3) is 0 Å². The van der Waals surface area contributed by atoms with Gasteiger partial charge in [0, 0.05) is 11.5 Å². The van der Waals surface area contributed by atoms with E-state index in [-0.39, 0.29) is 0 Å². The molecule has 1 amide bonds. The second-order valence-corrected chi connectivity index (χ2v) is 6.40. The summed E-state index contributed by atoms with van der Waals surface area (Å²) in [5.74, 6) is 0.776. The van der Waals surface area contributed by atoms with Gasteiger partial charge in [-0.2, -0.15) is 0 Å². The molecule has 20 heavy (non-hydrogen) atoms. The number of para-hydroxylation sites is 1. The van der Waals surface area contributed by atoms with Crippen LogP contribution in [-0.2, 0) is 18.3 Å². The van der Waals surface area contributed by atoms with Crippen LogP contribution in [0.1, 0.15) is 26.6 Å². The van der Waals surface area contributed by atoms with E-state index in [9.17, 15) is 4.79 Å². The molecule has 0 aliphatic carbocycles. The summed E-state index contributed by atoms with van der Waals surface area (Å²) < 4.78 is 8.14. The first-order valence-electron chi connectivity index (χ1n) is 6.34. The van der Waals surface area contributed by atoms with Crippen LogP contribution in [0.2, 0.25) is 0 Å². The number of carbonyl (C=O) groups is 1. The fraction of sp³-hybridized carbons (Fsp3) is 0.429. The van der Waals surface area contributed by atoms with Gasteiger partial charge in [0.2, 0.25) is 0 Å². The third-order valence-electron chi connectivity index (χ3n) is 2.73. The molecule has 1 N–H and O–H groups in total. The lowest BCUT2D eigenvalue weighted by Gasteiger charge is -2.19. The number of aromatic nitrogens is 2. The summed E-state index contributed by atoms with van der Waals surface area (Å²) in [6.45, 7) is 5.82. The van der Waals surface area contributed by atoms with Gasteiger partial charge >= 0.3 is 6.09 Å². The van der Waals surface area contributed by atoms with E-state index in [1.54, 1.807) is 0 Å². The Morgan fingerprint density at radius 3 is 2.75 bits per heavy atom. The zero-order valence-electron chi connectivity index (χ0n) is 12.0. The molecule has 0 saturated heterocycles. The summed E-state index contributed by atoms with van der Waals surface area (Å²) in [6, 6.07) is 5.84. The van der Waals surface area contributed by atoms with Crippen molar-refractivity contribution in [2.45, 2.75) is 32.9 Å². The Hall–Kier alpha value is -1.56. The molecule has 0 atom stereocenters. The zero-order valence-corrected chi connectivity index (χ0v) is 13.6. The minimum absolute atomic E-state index is 0.326. The van der Waals surface area contributed by atoms with Crippen LogP contribution >= 0.6 is 15.9 Å². The average Bonchev–Trinajstić information content (AvgIpc) is 2.63. The topological polar surface area (TPSA) is 56.2 Å². The summed E-state index contributed by atoms with van der Waals surface area (Å²) in [5.41, 5.74) is 1.40. The van der Waals surface area contributed by atoms with Crippen molar-refractivity contribution in [1.29, 1.82) is 0 Å². The van der Waals surface area contributed by atoms with Gasteiger partial charge in [-0.3, -0.25) is 0 Å². The number of fused-ring (bicyclic) bond motifs is 1. The third-order valence-corrected chi connectivity index (χ3v) is 3.37. The normalized spacial score (nSPS) is 11.7. The first-order valence-corrected chi connectivity index (χ1v) is 7.14. The zero-order chi connectivity index (χ0) is 14.9. The summed E-state index contributed by atoms with van der Waals surface area (Å²) in [4.78, 5) is 16.2. The van der Waals surface area contributed by atoms with Gasteiger partial charge in [0.1, 0.15) is 11.4 Å². The Morgan fingerprint density at radius 1 is 1.45 bits per heavy atom. The van der Waals surface area contributed by atoms with Gasteiger partial charge in [-0.05, 0) is 48.8 Å². The Morgan fingerprint density at radius 2 is 2.15 bits per heavy atom. The highest BCUT2D eigenvalue weighted by atomic mass is 79.9. The predicted octanol–water partition coefficient (Wildman–Crippen LogP) is 3.36. The van der Waals surface area contributed by atoms with Crippen LogP contribution < -0.4 is 5.32 Å². The summed E-state index contributed by atoms with van der Waals surface area (Å²) >= 11 is 3.51. The fourth-order valence-electron chi connectivity index (χ4n) is 1.89. The molecule has 108 valence electrons. The molecular formula is C14H18BrN3O2. The molecule has 2 aromatic rings. The van der Waals surface area contributed by atoms with Crippen molar-refractivity contribution < 1.29 is 9.53 Å². The van der Waals surface area contributed by atoms with Crippen LogP contribution in [0.15, 0.2) is 22.7 Å². The maximum absolute atomic E-state index is 11.6. The lowest BCUT2D eigenvalue weighted by atomic mass is 10.2. The number of halogens is 1. The highest BCUT2D eigenvalue weighted by Gasteiger charge is 2.17. The highest BCUT2D eigenvalue weighted by molar-refractivity contribution is 9.10. The molecule has 0 saturated carbocycles. The molecule has 1 aromatic carbocycles. The van der Waals surface area contributed by atoms with Gasteiger partial charge in [-0.15, -0.1) is 0 Å². The number of nitrogens with one attached hydrogen (secondary N) is 1. The number of nitrogens with zero attached hydrogens (tertiary/aromatic N) is 2. The first-order chi connectivity index (χ1) is 9.28. The van der Waals surface area contributed by atoms with Crippen molar-refractivity contribution in [2.75, 3.05) is 0 Å². The number of hydrogen-bond acceptors (Lipinski definition) is 3. The number of imidazole rings is 1. The Bertz CT molecular complexity index is 644. The monoisotopic (exact) mass is 339 g/mol. The van der Waals surface area contributed by atoms with E-state index < -0.39 is 11.7 Å². The third kappa shape index (κ3) is 3.30. The smallest absolute Gasteiger partial charge is 0.408 e. The number of benzene rings is 1. The summed E-state index contributed by atoms with van der Waals surface area (Å²) in [7, 11) is 1.92. The predicted molar refractivity (Wildman–Crippen MR) is 81.5 cm³/mol. The number of hydrogen-bond donors (Lipinski definition) is 1. The van der Waals surface area contributed by atoms with E-state index >= 15 is 0 Å². The van der Waals surface area contributed by atoms with E-state index in [1.165, 1.54) is 0 Å². The largest absolute Gasteiger partial charge is 0.444 e. The lowest BCUT2D eigenvalue weighted by Crippen LogP contribution is -2.32. The van der Waals surface area contributed by atoms with Gasteiger partial charge in [-0.1, -0.05) is 6.07 Å². The Balaban J connectivity index is 2.13. The van der Waals surface area contributed by atoms with Crippen LogP contribution in [0.3, 0.4) is 0 Å². The first kappa shape index (κ1) is 14.8. The SMILES string of the molecule is Cn1c(CNC(=O)OC(C)(C)C)nc2cccc(Br)c21. The fourth-order valence-corrected chi connectivity index (χ4v) is 2.51. The van der Waals surface area contributed by atoms with E-state index in [0.717, 1.165) is 21.3 Å². The molecular weight excluding hydrogens is 322 g/mol. The lowest BCUT2D eigenvalue weighted by molar-refractivity contribution is 0.0522. The van der Waals surface area contributed by atoms with Gasteiger partial charge < -0.3 is 14.6 Å². The molecule has 0 fully saturated rings. The number of alkyl carbamates (subject to hydrolysis) is 1.